The molecule has 2 aliphatic rings. The van der Waals surface area contributed by atoms with Crippen molar-refractivity contribution in [3.63, 3.8) is 0 Å². The van der Waals surface area contributed by atoms with Gasteiger partial charge in [0.2, 0.25) is 11.7 Å². The van der Waals surface area contributed by atoms with Crippen LogP contribution >= 0.6 is 0 Å². The third kappa shape index (κ3) is 6.65. The van der Waals surface area contributed by atoms with Crippen LogP contribution < -0.4 is 10.1 Å². The summed E-state index contributed by atoms with van der Waals surface area (Å²) in [6.45, 7) is 3.41. The Morgan fingerprint density at radius 2 is 1.68 bits per heavy atom. The molecule has 2 heterocycles. The molecule has 3 aromatic rings. The van der Waals surface area contributed by atoms with Crippen molar-refractivity contribution >= 4 is 17.4 Å². The number of hydrogen-bond acceptors (Lipinski definition) is 4. The standard InChI is InChI=1S/C33H35F2N3O3/c1-22(39)38-20-26-19-27(25-13-11-24(12-14-25)16-18-41-30-10-6-9-28(34)32(30)35)31(29(21-38)36-26)33(40)37(2)17-15-23-7-4-3-5-8-23/h3-14,26,29,36H,15-21H2,1-2H3/t26?,29-/m1/s1. The van der Waals surface area contributed by atoms with Crippen molar-refractivity contribution in [1.29, 1.82) is 0 Å². The van der Waals surface area contributed by atoms with Crippen molar-refractivity contribution in [2.75, 3.05) is 33.3 Å². The van der Waals surface area contributed by atoms with Gasteiger partial charge < -0.3 is 19.9 Å². The fraction of sp³-hybridized carbons (Fsp3) is 0.333. The number of nitrogens with zero attached hydrogens (tertiary/aromatic N) is 2. The summed E-state index contributed by atoms with van der Waals surface area (Å²) in [5.41, 5.74) is 4.83. The zero-order valence-electron chi connectivity index (χ0n) is 23.4. The zero-order valence-corrected chi connectivity index (χ0v) is 23.4. The summed E-state index contributed by atoms with van der Waals surface area (Å²) in [4.78, 5) is 29.8. The Balaban J connectivity index is 1.34. The molecule has 2 aliphatic heterocycles. The third-order valence-corrected chi connectivity index (χ3v) is 7.87. The number of halogens is 2. The Bertz CT molecular complexity index is 1430. The van der Waals surface area contributed by atoms with E-state index in [-0.39, 0.29) is 36.3 Å². The van der Waals surface area contributed by atoms with Gasteiger partial charge in [0.25, 0.3) is 5.91 Å². The summed E-state index contributed by atoms with van der Waals surface area (Å²) < 4.78 is 32.8. The van der Waals surface area contributed by atoms with E-state index in [4.69, 9.17) is 4.74 Å². The van der Waals surface area contributed by atoms with Crippen LogP contribution in [0.1, 0.15) is 30.0 Å². The van der Waals surface area contributed by atoms with E-state index in [0.29, 0.717) is 38.0 Å². The monoisotopic (exact) mass is 559 g/mol. The molecule has 1 unspecified atom stereocenters. The van der Waals surface area contributed by atoms with E-state index in [1.807, 2.05) is 54.4 Å². The number of ether oxygens (including phenoxy) is 1. The van der Waals surface area contributed by atoms with Gasteiger partial charge in [-0.15, -0.1) is 0 Å². The summed E-state index contributed by atoms with van der Waals surface area (Å²) in [5.74, 6) is -2.05. The van der Waals surface area contributed by atoms with Crippen LogP contribution in [0.4, 0.5) is 8.78 Å². The van der Waals surface area contributed by atoms with Crippen LogP contribution in [0.15, 0.2) is 78.4 Å². The highest BCUT2D eigenvalue weighted by Gasteiger charge is 2.39. The molecule has 6 nitrogen and oxygen atoms in total. The zero-order chi connectivity index (χ0) is 28.9. The molecule has 5 rings (SSSR count). The van der Waals surface area contributed by atoms with Crippen LogP contribution in [0.25, 0.3) is 5.57 Å². The van der Waals surface area contributed by atoms with E-state index in [1.54, 1.807) is 11.8 Å². The van der Waals surface area contributed by atoms with Gasteiger partial charge in [-0.1, -0.05) is 60.7 Å². The normalized spacial score (nSPS) is 18.3. The maximum Gasteiger partial charge on any atom is 0.251 e. The van der Waals surface area contributed by atoms with Gasteiger partial charge in [-0.05, 0) is 47.2 Å². The van der Waals surface area contributed by atoms with Gasteiger partial charge in [0.05, 0.1) is 12.6 Å². The molecular formula is C33H35F2N3O3. The number of piperazine rings is 1. The molecule has 0 aliphatic carbocycles. The first-order valence-electron chi connectivity index (χ1n) is 14.0. The van der Waals surface area contributed by atoms with Crippen molar-refractivity contribution in [1.82, 2.24) is 15.1 Å². The Kier molecular flexibility index (Phi) is 8.78. The summed E-state index contributed by atoms with van der Waals surface area (Å²) in [7, 11) is 1.83. The Morgan fingerprint density at radius 3 is 2.41 bits per heavy atom. The molecule has 0 saturated carbocycles. The number of fused-ring (bicyclic) bond motifs is 2. The van der Waals surface area contributed by atoms with E-state index < -0.39 is 11.6 Å². The lowest BCUT2D eigenvalue weighted by Crippen LogP contribution is -2.61. The number of carbonyl (C=O) groups excluding carboxylic acids is 2. The molecule has 2 bridgehead atoms. The topological polar surface area (TPSA) is 61.9 Å². The predicted molar refractivity (Wildman–Crippen MR) is 154 cm³/mol. The van der Waals surface area contributed by atoms with E-state index in [2.05, 4.69) is 17.4 Å². The number of likely N-dealkylation sites (N-methyl/N-ethyl adjacent to an activating group) is 1. The molecule has 0 spiro atoms. The van der Waals surface area contributed by atoms with Crippen LogP contribution in [0, 0.1) is 11.6 Å². The molecule has 1 saturated heterocycles. The number of rotatable bonds is 9. The largest absolute Gasteiger partial charge is 0.490 e. The predicted octanol–water partition coefficient (Wildman–Crippen LogP) is 4.63. The van der Waals surface area contributed by atoms with Gasteiger partial charge >= 0.3 is 0 Å². The highest BCUT2D eigenvalue weighted by atomic mass is 19.2. The van der Waals surface area contributed by atoms with Crippen molar-refractivity contribution < 1.29 is 23.1 Å². The van der Waals surface area contributed by atoms with Gasteiger partial charge in [-0.25, -0.2) is 4.39 Å². The lowest BCUT2D eigenvalue weighted by atomic mass is 9.82. The van der Waals surface area contributed by atoms with Gasteiger partial charge in [-0.3, -0.25) is 9.59 Å². The molecule has 0 radical (unpaired) electrons. The fourth-order valence-corrected chi connectivity index (χ4v) is 5.62. The number of hydrogen-bond donors (Lipinski definition) is 1. The maximum atomic E-state index is 13.9. The Morgan fingerprint density at radius 1 is 0.951 bits per heavy atom. The molecule has 214 valence electrons. The molecule has 3 aromatic carbocycles. The summed E-state index contributed by atoms with van der Waals surface area (Å²) in [5, 5.41) is 3.59. The highest BCUT2D eigenvalue weighted by Crippen LogP contribution is 2.34. The van der Waals surface area contributed by atoms with Crippen LogP contribution in [0.5, 0.6) is 5.75 Å². The lowest BCUT2D eigenvalue weighted by molar-refractivity contribution is -0.132. The second-order valence-corrected chi connectivity index (χ2v) is 10.7. The van der Waals surface area contributed by atoms with Gasteiger partial charge in [0.15, 0.2) is 11.6 Å². The molecule has 0 aromatic heterocycles. The minimum Gasteiger partial charge on any atom is -0.490 e. The van der Waals surface area contributed by atoms with E-state index in [1.165, 1.54) is 17.7 Å². The van der Waals surface area contributed by atoms with Crippen LogP contribution in [0.3, 0.4) is 0 Å². The first-order chi connectivity index (χ1) is 19.8. The van der Waals surface area contributed by atoms with Crippen LogP contribution in [-0.4, -0.2) is 67.0 Å². The molecule has 2 atom stereocenters. The molecule has 1 fully saturated rings. The quantitative estimate of drug-likeness (QED) is 0.415. The summed E-state index contributed by atoms with van der Waals surface area (Å²) in [6, 6.07) is 21.8. The van der Waals surface area contributed by atoms with Crippen LogP contribution in [0.2, 0.25) is 0 Å². The second-order valence-electron chi connectivity index (χ2n) is 10.7. The van der Waals surface area contributed by atoms with Gasteiger partial charge in [0.1, 0.15) is 0 Å². The van der Waals surface area contributed by atoms with E-state index >= 15 is 0 Å². The first-order valence-corrected chi connectivity index (χ1v) is 14.0. The fourth-order valence-electron chi connectivity index (χ4n) is 5.62. The molecule has 41 heavy (non-hydrogen) atoms. The number of carbonyl (C=O) groups is 2. The number of nitrogens with one attached hydrogen (secondary N) is 1. The van der Waals surface area contributed by atoms with Crippen molar-refractivity contribution in [3.05, 3.63) is 107 Å². The highest BCUT2D eigenvalue weighted by molar-refractivity contribution is 6.03. The number of amides is 2. The van der Waals surface area contributed by atoms with E-state index in [9.17, 15) is 18.4 Å². The first kappa shape index (κ1) is 28.5. The average Bonchev–Trinajstić information content (AvgIpc) is 2.98. The van der Waals surface area contributed by atoms with E-state index in [0.717, 1.165) is 29.2 Å². The SMILES string of the molecule is CC(=O)N1CC2CC(c3ccc(CCOc4cccc(F)c4F)cc3)=C(C(=O)N(C)CCc3ccccc3)[C@@H](C1)N2. The summed E-state index contributed by atoms with van der Waals surface area (Å²) in [6.07, 6.45) is 1.90. The smallest absolute Gasteiger partial charge is 0.251 e. The minimum atomic E-state index is -0.986. The Labute approximate surface area is 239 Å². The third-order valence-electron chi connectivity index (χ3n) is 7.87. The lowest BCUT2D eigenvalue weighted by Gasteiger charge is -2.44. The van der Waals surface area contributed by atoms with Crippen molar-refractivity contribution in [2.24, 2.45) is 0 Å². The van der Waals surface area contributed by atoms with Gasteiger partial charge in [-0.2, -0.15) is 4.39 Å². The molecule has 1 N–H and O–H groups in total. The molecular weight excluding hydrogens is 524 g/mol. The second kappa shape index (κ2) is 12.6. The minimum absolute atomic E-state index is 0.0128. The average molecular weight is 560 g/mol. The molecule has 8 heteroatoms. The number of benzene rings is 3. The van der Waals surface area contributed by atoms with Crippen molar-refractivity contribution in [3.8, 4) is 5.75 Å². The summed E-state index contributed by atoms with van der Waals surface area (Å²) >= 11 is 0. The Hall–Kier alpha value is -4.04. The van der Waals surface area contributed by atoms with Crippen molar-refractivity contribution in [2.45, 2.75) is 38.3 Å². The van der Waals surface area contributed by atoms with Gasteiger partial charge in [0, 0.05) is 51.6 Å². The molecule has 2 amide bonds. The van der Waals surface area contributed by atoms with Crippen LogP contribution in [-0.2, 0) is 22.4 Å². The maximum absolute atomic E-state index is 13.9.